The Bertz CT molecular complexity index is 579. The summed E-state index contributed by atoms with van der Waals surface area (Å²) in [6, 6.07) is 6.24. The van der Waals surface area contributed by atoms with E-state index in [4.69, 9.17) is 4.74 Å². The number of nitrogens with zero attached hydrogens (tertiary/aromatic N) is 1. The molecule has 132 valence electrons. The highest BCUT2D eigenvalue weighted by Crippen LogP contribution is 2.21. The first-order chi connectivity index (χ1) is 11.2. The first-order valence-electron chi connectivity index (χ1n) is 7.61. The Morgan fingerprint density at radius 1 is 1.21 bits per heavy atom. The van der Waals surface area contributed by atoms with E-state index in [9.17, 15) is 22.8 Å². The van der Waals surface area contributed by atoms with E-state index in [0.29, 0.717) is 24.1 Å². The molecule has 5 nitrogen and oxygen atoms in total. The summed E-state index contributed by atoms with van der Waals surface area (Å²) in [6.45, 7) is 0.948. The van der Waals surface area contributed by atoms with E-state index < -0.39 is 18.7 Å². The highest BCUT2D eigenvalue weighted by molar-refractivity contribution is 5.92. The van der Waals surface area contributed by atoms with Gasteiger partial charge in [-0.25, -0.2) is 4.79 Å². The largest absolute Gasteiger partial charge is 0.459 e. The SMILES string of the molecule is CC(=O)Nc1ccc(C(=O)OC2CCN(CC(F)(F)F)CC2)cc1. The molecule has 1 fully saturated rings. The van der Waals surface area contributed by atoms with E-state index in [1.165, 1.54) is 24.0 Å². The van der Waals surface area contributed by atoms with Gasteiger partial charge in [-0.1, -0.05) is 0 Å². The van der Waals surface area contributed by atoms with Crippen molar-refractivity contribution >= 4 is 17.6 Å². The molecule has 8 heteroatoms. The van der Waals surface area contributed by atoms with Gasteiger partial charge in [-0.2, -0.15) is 13.2 Å². The van der Waals surface area contributed by atoms with E-state index in [-0.39, 0.29) is 25.1 Å². The molecule has 0 spiro atoms. The summed E-state index contributed by atoms with van der Waals surface area (Å²) < 4.78 is 42.3. The predicted octanol–water partition coefficient (Wildman–Crippen LogP) is 2.83. The van der Waals surface area contributed by atoms with Crippen LogP contribution < -0.4 is 5.32 Å². The van der Waals surface area contributed by atoms with Crippen LogP contribution in [-0.2, 0) is 9.53 Å². The maximum absolute atomic E-state index is 12.3. The van der Waals surface area contributed by atoms with Crippen molar-refractivity contribution in [3.8, 4) is 0 Å². The summed E-state index contributed by atoms with van der Waals surface area (Å²) in [4.78, 5) is 24.3. The molecule has 0 bridgehead atoms. The maximum Gasteiger partial charge on any atom is 0.401 e. The smallest absolute Gasteiger partial charge is 0.401 e. The quantitative estimate of drug-likeness (QED) is 0.854. The lowest BCUT2D eigenvalue weighted by molar-refractivity contribution is -0.150. The number of esters is 1. The summed E-state index contributed by atoms with van der Waals surface area (Å²) in [5.74, 6) is -0.727. The monoisotopic (exact) mass is 344 g/mol. The van der Waals surface area contributed by atoms with Crippen molar-refractivity contribution < 1.29 is 27.5 Å². The van der Waals surface area contributed by atoms with E-state index >= 15 is 0 Å². The van der Waals surface area contributed by atoms with Gasteiger partial charge in [-0.3, -0.25) is 9.69 Å². The Balaban J connectivity index is 1.82. The molecular formula is C16H19F3N2O3. The number of halogens is 3. The number of amides is 1. The van der Waals surface area contributed by atoms with Crippen LogP contribution in [0.5, 0.6) is 0 Å². The fourth-order valence-corrected chi connectivity index (χ4v) is 2.55. The van der Waals surface area contributed by atoms with Crippen molar-refractivity contribution in [3.63, 3.8) is 0 Å². The van der Waals surface area contributed by atoms with Gasteiger partial charge in [0.15, 0.2) is 0 Å². The molecule has 1 aromatic rings. The number of hydrogen-bond acceptors (Lipinski definition) is 4. The van der Waals surface area contributed by atoms with Crippen LogP contribution in [0.25, 0.3) is 0 Å². The second-order valence-corrected chi connectivity index (χ2v) is 5.75. The second kappa shape index (κ2) is 7.65. The average Bonchev–Trinajstić information content (AvgIpc) is 2.48. The summed E-state index contributed by atoms with van der Waals surface area (Å²) in [6.07, 6.45) is -3.83. The summed E-state index contributed by atoms with van der Waals surface area (Å²) in [5.41, 5.74) is 0.904. The minimum atomic E-state index is -4.21. The highest BCUT2D eigenvalue weighted by atomic mass is 19.4. The van der Waals surface area contributed by atoms with Gasteiger partial charge in [-0.15, -0.1) is 0 Å². The van der Waals surface area contributed by atoms with Gasteiger partial charge in [0.2, 0.25) is 5.91 Å². The molecule has 1 amide bonds. The van der Waals surface area contributed by atoms with Crippen molar-refractivity contribution in [3.05, 3.63) is 29.8 Å². The number of nitrogens with one attached hydrogen (secondary N) is 1. The van der Waals surface area contributed by atoms with Crippen LogP contribution in [0.2, 0.25) is 0 Å². The third-order valence-electron chi connectivity index (χ3n) is 3.65. The Labute approximate surface area is 137 Å². The first-order valence-corrected chi connectivity index (χ1v) is 7.61. The summed E-state index contributed by atoms with van der Waals surface area (Å²) >= 11 is 0. The van der Waals surface area contributed by atoms with Crippen molar-refractivity contribution in [2.45, 2.75) is 32.0 Å². The molecule has 1 heterocycles. The molecule has 0 aliphatic carbocycles. The number of carbonyl (C=O) groups is 2. The Morgan fingerprint density at radius 3 is 2.29 bits per heavy atom. The lowest BCUT2D eigenvalue weighted by atomic mass is 10.1. The Hall–Kier alpha value is -2.09. The lowest BCUT2D eigenvalue weighted by Gasteiger charge is -2.31. The van der Waals surface area contributed by atoms with Gasteiger partial charge in [0.1, 0.15) is 6.10 Å². The molecule has 1 saturated heterocycles. The molecule has 1 N–H and O–H groups in total. The van der Waals surface area contributed by atoms with Gasteiger partial charge < -0.3 is 10.1 Å². The Kier molecular flexibility index (Phi) is 5.82. The van der Waals surface area contributed by atoms with Crippen LogP contribution in [0.4, 0.5) is 18.9 Å². The molecule has 1 aromatic carbocycles. The fourth-order valence-electron chi connectivity index (χ4n) is 2.55. The van der Waals surface area contributed by atoms with E-state index in [2.05, 4.69) is 5.32 Å². The van der Waals surface area contributed by atoms with Crippen LogP contribution in [-0.4, -0.2) is 48.7 Å². The predicted molar refractivity (Wildman–Crippen MR) is 81.7 cm³/mol. The van der Waals surface area contributed by atoms with Gasteiger partial charge in [0.05, 0.1) is 12.1 Å². The lowest BCUT2D eigenvalue weighted by Crippen LogP contribution is -2.42. The third-order valence-corrected chi connectivity index (χ3v) is 3.65. The summed E-state index contributed by atoms with van der Waals surface area (Å²) in [7, 11) is 0. The van der Waals surface area contributed by atoms with Crippen molar-refractivity contribution in [1.82, 2.24) is 4.90 Å². The zero-order valence-corrected chi connectivity index (χ0v) is 13.2. The standard InChI is InChI=1S/C16H19F3N2O3/c1-11(22)20-13-4-2-12(3-5-13)15(23)24-14-6-8-21(9-7-14)10-16(17,18)19/h2-5,14H,6-10H2,1H3,(H,20,22). The molecule has 1 aliphatic heterocycles. The topological polar surface area (TPSA) is 58.6 Å². The van der Waals surface area contributed by atoms with Gasteiger partial charge in [-0.05, 0) is 37.1 Å². The molecule has 1 aliphatic rings. The molecule has 0 saturated carbocycles. The zero-order valence-electron chi connectivity index (χ0n) is 13.2. The number of alkyl halides is 3. The molecule has 2 rings (SSSR count). The molecule has 0 unspecified atom stereocenters. The molecule has 0 radical (unpaired) electrons. The number of piperidine rings is 1. The van der Waals surface area contributed by atoms with Crippen LogP contribution in [0, 0.1) is 0 Å². The number of hydrogen-bond donors (Lipinski definition) is 1. The van der Waals surface area contributed by atoms with Crippen LogP contribution in [0.1, 0.15) is 30.1 Å². The van der Waals surface area contributed by atoms with E-state index in [0.717, 1.165) is 0 Å². The van der Waals surface area contributed by atoms with Gasteiger partial charge in [0.25, 0.3) is 0 Å². The number of benzene rings is 1. The number of likely N-dealkylation sites (tertiary alicyclic amines) is 1. The molecule has 24 heavy (non-hydrogen) atoms. The van der Waals surface area contributed by atoms with Crippen molar-refractivity contribution in [2.75, 3.05) is 25.0 Å². The minimum absolute atomic E-state index is 0.212. The van der Waals surface area contributed by atoms with Gasteiger partial charge >= 0.3 is 12.1 Å². The Morgan fingerprint density at radius 2 is 1.79 bits per heavy atom. The van der Waals surface area contributed by atoms with Crippen molar-refractivity contribution in [2.24, 2.45) is 0 Å². The van der Waals surface area contributed by atoms with Crippen LogP contribution >= 0.6 is 0 Å². The molecular weight excluding hydrogens is 325 g/mol. The maximum atomic E-state index is 12.3. The first kappa shape index (κ1) is 18.3. The highest BCUT2D eigenvalue weighted by Gasteiger charge is 2.33. The molecule has 0 atom stereocenters. The van der Waals surface area contributed by atoms with E-state index in [1.807, 2.05) is 0 Å². The second-order valence-electron chi connectivity index (χ2n) is 5.75. The third kappa shape index (κ3) is 5.84. The fraction of sp³-hybridized carbons (Fsp3) is 0.500. The van der Waals surface area contributed by atoms with Crippen molar-refractivity contribution in [1.29, 1.82) is 0 Å². The number of rotatable bonds is 4. The normalized spacial score (nSPS) is 16.7. The minimum Gasteiger partial charge on any atom is -0.459 e. The molecule has 0 aromatic heterocycles. The zero-order chi connectivity index (χ0) is 17.7. The number of carbonyl (C=O) groups excluding carboxylic acids is 2. The average molecular weight is 344 g/mol. The number of anilines is 1. The summed E-state index contributed by atoms with van der Waals surface area (Å²) in [5, 5.41) is 2.59. The van der Waals surface area contributed by atoms with E-state index in [1.54, 1.807) is 12.1 Å². The van der Waals surface area contributed by atoms with Gasteiger partial charge in [0, 0.05) is 25.7 Å². The number of ether oxygens (including phenoxy) is 1. The van der Waals surface area contributed by atoms with Crippen LogP contribution in [0.3, 0.4) is 0 Å². The van der Waals surface area contributed by atoms with Crippen LogP contribution in [0.15, 0.2) is 24.3 Å².